The van der Waals surface area contributed by atoms with Crippen LogP contribution in [0.25, 0.3) is 11.2 Å². The van der Waals surface area contributed by atoms with Gasteiger partial charge < -0.3 is 24.3 Å². The number of anilines is 1. The zero-order valence-electron chi connectivity index (χ0n) is 36.9. The highest BCUT2D eigenvalue weighted by molar-refractivity contribution is 5.84. The van der Waals surface area contributed by atoms with Crippen molar-refractivity contribution < 1.29 is 18.9 Å². The molecule has 65 heavy (non-hydrogen) atoms. The van der Waals surface area contributed by atoms with Crippen LogP contribution in [-0.2, 0) is 20.6 Å². The van der Waals surface area contributed by atoms with E-state index in [1.807, 2.05) is 54.9 Å². The smallest absolute Gasteiger partial charge is 0.167 e. The first kappa shape index (κ1) is 42.1. The van der Waals surface area contributed by atoms with E-state index in [1.54, 1.807) is 20.5 Å². The van der Waals surface area contributed by atoms with Crippen LogP contribution in [0.2, 0.25) is 0 Å². The molecule has 0 radical (unpaired) electrons. The van der Waals surface area contributed by atoms with Crippen LogP contribution in [0, 0.1) is 0 Å². The molecule has 10 rings (SSSR count). The third-order valence-corrected chi connectivity index (χ3v) is 13.2. The van der Waals surface area contributed by atoms with Gasteiger partial charge in [0.2, 0.25) is 0 Å². The summed E-state index contributed by atoms with van der Waals surface area (Å²) in [6, 6.07) is 58.5. The lowest BCUT2D eigenvalue weighted by Gasteiger charge is -2.37. The van der Waals surface area contributed by atoms with Gasteiger partial charge >= 0.3 is 0 Å². The molecule has 10 nitrogen and oxygen atoms in total. The number of benzene rings is 6. The molecule has 2 saturated heterocycles. The fourth-order valence-corrected chi connectivity index (χ4v) is 10.0. The van der Waals surface area contributed by atoms with Gasteiger partial charge in [0.25, 0.3) is 0 Å². The van der Waals surface area contributed by atoms with Crippen molar-refractivity contribution in [3.63, 3.8) is 0 Å². The molecule has 8 aromatic rings. The van der Waals surface area contributed by atoms with E-state index in [9.17, 15) is 0 Å². The third-order valence-electron chi connectivity index (χ3n) is 13.2. The van der Waals surface area contributed by atoms with E-state index in [0.717, 1.165) is 77.2 Å². The number of imidazole rings is 1. The van der Waals surface area contributed by atoms with Gasteiger partial charge in [-0.25, -0.2) is 15.0 Å². The number of hydrogen-bond acceptors (Lipinski definition) is 9. The highest BCUT2D eigenvalue weighted by Gasteiger charge is 2.45. The molecule has 2 aliphatic rings. The Morgan fingerprint density at radius 2 is 1.08 bits per heavy atom. The fraction of sp³-hybridized carbons (Fsp3) is 0.255. The molecule has 0 amide bonds. The van der Waals surface area contributed by atoms with Gasteiger partial charge in [0.1, 0.15) is 29.0 Å². The average Bonchev–Trinajstić information content (AvgIpc) is 4.03. The van der Waals surface area contributed by atoms with Crippen molar-refractivity contribution in [3.05, 3.63) is 216 Å². The molecule has 0 spiro atoms. The van der Waals surface area contributed by atoms with Gasteiger partial charge in [-0.1, -0.05) is 152 Å². The Morgan fingerprint density at radius 3 is 1.62 bits per heavy atom. The van der Waals surface area contributed by atoms with Gasteiger partial charge in [-0.15, -0.1) is 0 Å². The standard InChI is InChI=1S/C55H54N6O4/c1-62-46-30-26-42(27-31-46)54(40-18-8-3-9-19-40,41-20-10-4-11-21-41)59-51-50-52(57-38-56-51)61(39-58-50)53-49(60-34-16-7-17-35-60)36-48(65-53)37-64-55(43-22-12-5-13-23-43,44-24-14-6-15-25-44)45-28-32-47(63-2)33-29-45/h3-6,8-15,18-33,38-39,48-49,53H,7,16-17,34-37H2,1-2H3,(H,56,57,59)/t48-,49+,53+/m0/s1. The van der Waals surface area contributed by atoms with Crippen molar-refractivity contribution in [2.75, 3.05) is 39.2 Å². The number of nitrogens with zero attached hydrogens (tertiary/aromatic N) is 5. The van der Waals surface area contributed by atoms with Gasteiger partial charge in [0, 0.05) is 0 Å². The Morgan fingerprint density at radius 1 is 0.585 bits per heavy atom. The summed E-state index contributed by atoms with van der Waals surface area (Å²) >= 11 is 0. The number of aromatic nitrogens is 4. The van der Waals surface area contributed by atoms with E-state index in [2.05, 4.69) is 136 Å². The van der Waals surface area contributed by atoms with Crippen molar-refractivity contribution in [2.24, 2.45) is 0 Å². The highest BCUT2D eigenvalue weighted by Crippen LogP contribution is 2.45. The van der Waals surface area contributed by atoms with Crippen LogP contribution in [0.3, 0.4) is 0 Å². The molecule has 1 N–H and O–H groups in total. The first-order valence-corrected chi connectivity index (χ1v) is 22.6. The second-order valence-corrected chi connectivity index (χ2v) is 16.9. The van der Waals surface area contributed by atoms with Crippen LogP contribution >= 0.6 is 0 Å². The molecule has 2 fully saturated rings. The minimum absolute atomic E-state index is 0.0727. The van der Waals surface area contributed by atoms with E-state index in [0.29, 0.717) is 23.6 Å². The molecule has 3 atom stereocenters. The van der Waals surface area contributed by atoms with Gasteiger partial charge in [0.15, 0.2) is 23.2 Å². The lowest BCUT2D eigenvalue weighted by atomic mass is 9.77. The predicted octanol–water partition coefficient (Wildman–Crippen LogP) is 10.4. The molecule has 4 heterocycles. The molecule has 0 unspecified atom stereocenters. The number of likely N-dealkylation sites (tertiary alicyclic amines) is 1. The summed E-state index contributed by atoms with van der Waals surface area (Å²) in [5.41, 5.74) is 5.78. The minimum Gasteiger partial charge on any atom is -0.497 e. The molecule has 0 aliphatic carbocycles. The zero-order chi connectivity index (χ0) is 44.1. The summed E-state index contributed by atoms with van der Waals surface area (Å²) in [6.07, 6.45) is 7.23. The minimum atomic E-state index is -0.916. The Balaban J connectivity index is 1.03. The van der Waals surface area contributed by atoms with Crippen molar-refractivity contribution in [1.29, 1.82) is 0 Å². The van der Waals surface area contributed by atoms with Gasteiger partial charge in [-0.2, -0.15) is 0 Å². The van der Waals surface area contributed by atoms with E-state index in [1.165, 1.54) is 6.42 Å². The van der Waals surface area contributed by atoms with Gasteiger partial charge in [-0.05, 0) is 90.0 Å². The number of methoxy groups -OCH3 is 2. The highest BCUT2D eigenvalue weighted by atomic mass is 16.6. The molecule has 2 aliphatic heterocycles. The summed E-state index contributed by atoms with van der Waals surface area (Å²) in [4.78, 5) is 17.5. The normalized spacial score (nSPS) is 18.1. The maximum Gasteiger partial charge on any atom is 0.167 e. The quantitative estimate of drug-likeness (QED) is 0.101. The van der Waals surface area contributed by atoms with Crippen LogP contribution in [-0.4, -0.2) is 70.5 Å². The maximum absolute atomic E-state index is 7.40. The summed E-state index contributed by atoms with van der Waals surface area (Å²) in [7, 11) is 3.38. The topological polar surface area (TPSA) is 95.8 Å². The number of ether oxygens (including phenoxy) is 4. The lowest BCUT2D eigenvalue weighted by molar-refractivity contribution is -0.0821. The van der Waals surface area contributed by atoms with Gasteiger partial charge in [-0.3, -0.25) is 9.47 Å². The molecular formula is C55H54N6O4. The Kier molecular flexibility index (Phi) is 12.1. The molecule has 328 valence electrons. The number of hydrogen-bond donors (Lipinski definition) is 1. The summed E-state index contributed by atoms with van der Waals surface area (Å²) in [5.74, 6) is 2.18. The summed E-state index contributed by atoms with van der Waals surface area (Å²) in [6.45, 7) is 2.37. The lowest BCUT2D eigenvalue weighted by Crippen LogP contribution is -2.42. The van der Waals surface area contributed by atoms with E-state index >= 15 is 0 Å². The van der Waals surface area contributed by atoms with E-state index in [4.69, 9.17) is 33.9 Å². The van der Waals surface area contributed by atoms with Crippen LogP contribution < -0.4 is 14.8 Å². The fourth-order valence-electron chi connectivity index (χ4n) is 10.0. The SMILES string of the molecule is COc1ccc(C(Nc2ncnc3c2ncn3[C@@H]2O[C@H](COC(c3ccccc3)(c3ccccc3)c3ccc(OC)cc3)C[C@H]2N2CCCCC2)(c2ccccc2)c2ccccc2)cc1. The molecule has 10 heteroatoms. The third kappa shape index (κ3) is 8.03. The second-order valence-electron chi connectivity index (χ2n) is 16.9. The Bertz CT molecular complexity index is 2690. The summed E-state index contributed by atoms with van der Waals surface area (Å²) < 4.78 is 27.9. The van der Waals surface area contributed by atoms with Crippen molar-refractivity contribution in [3.8, 4) is 11.5 Å². The average molecular weight is 863 g/mol. The molecular weight excluding hydrogens is 809 g/mol. The molecule has 2 aromatic heterocycles. The number of nitrogens with one attached hydrogen (secondary N) is 1. The Hall–Kier alpha value is -6.85. The van der Waals surface area contributed by atoms with Crippen molar-refractivity contribution >= 4 is 17.0 Å². The number of rotatable bonds is 15. The summed E-state index contributed by atoms with van der Waals surface area (Å²) in [5, 5.41) is 3.95. The monoisotopic (exact) mass is 862 g/mol. The van der Waals surface area contributed by atoms with E-state index in [-0.39, 0.29) is 18.4 Å². The van der Waals surface area contributed by atoms with Gasteiger partial charge in [0.05, 0.1) is 39.3 Å². The van der Waals surface area contributed by atoms with E-state index < -0.39 is 11.1 Å². The predicted molar refractivity (Wildman–Crippen MR) is 254 cm³/mol. The van der Waals surface area contributed by atoms with Crippen LogP contribution in [0.15, 0.2) is 183 Å². The molecule has 0 bridgehead atoms. The number of piperidine rings is 1. The van der Waals surface area contributed by atoms with Crippen LogP contribution in [0.1, 0.15) is 65.3 Å². The van der Waals surface area contributed by atoms with Crippen LogP contribution in [0.5, 0.6) is 11.5 Å². The second kappa shape index (κ2) is 18.7. The van der Waals surface area contributed by atoms with Crippen LogP contribution in [0.4, 0.5) is 5.82 Å². The first-order valence-electron chi connectivity index (χ1n) is 22.6. The Labute approximate surface area is 380 Å². The largest absolute Gasteiger partial charge is 0.497 e. The first-order chi connectivity index (χ1) is 32.1. The molecule has 0 saturated carbocycles. The van der Waals surface area contributed by atoms with Crippen molar-refractivity contribution in [1.82, 2.24) is 24.4 Å². The van der Waals surface area contributed by atoms with Crippen molar-refractivity contribution in [2.45, 2.75) is 55.2 Å². The number of fused-ring (bicyclic) bond motifs is 1. The molecule has 6 aromatic carbocycles. The zero-order valence-corrected chi connectivity index (χ0v) is 36.9. The maximum atomic E-state index is 7.40.